The number of rotatable bonds is 3. The molecule has 94 valence electrons. The van der Waals surface area contributed by atoms with Gasteiger partial charge in [0, 0.05) is 11.8 Å². The first-order chi connectivity index (χ1) is 8.56. The molecule has 2 heterocycles. The normalized spacial score (nSPS) is 10.4. The Bertz CT molecular complexity index is 568. The van der Waals surface area contributed by atoms with Gasteiger partial charge in [-0.25, -0.2) is 9.78 Å². The second-order valence-electron chi connectivity index (χ2n) is 3.30. The van der Waals surface area contributed by atoms with Crippen molar-refractivity contribution >= 4 is 52.1 Å². The van der Waals surface area contributed by atoms with Crippen LogP contribution in [0.2, 0.25) is 13.8 Å². The molecule has 7 heteroatoms. The third-order valence-electron chi connectivity index (χ3n) is 2.04. The van der Waals surface area contributed by atoms with Gasteiger partial charge >= 0.3 is 5.97 Å². The quantitative estimate of drug-likeness (QED) is 0.618. The molecule has 0 fully saturated rings. The van der Waals surface area contributed by atoms with E-state index in [4.69, 9.17) is 39.5 Å². The summed E-state index contributed by atoms with van der Waals surface area (Å²) in [5, 5.41) is 0.387. The number of ether oxygens (including phenoxy) is 1. The van der Waals surface area contributed by atoms with Gasteiger partial charge in [-0.3, -0.25) is 0 Å². The molecule has 0 aromatic carbocycles. The predicted molar refractivity (Wildman–Crippen MR) is 72.7 cm³/mol. The van der Waals surface area contributed by atoms with E-state index < -0.39 is 5.97 Å². The van der Waals surface area contributed by atoms with Crippen molar-refractivity contribution in [2.75, 3.05) is 0 Å². The molecule has 0 radical (unpaired) electrons. The molecule has 2 aromatic heterocycles. The molecule has 0 spiro atoms. The fourth-order valence-corrected chi connectivity index (χ4v) is 2.75. The largest absolute Gasteiger partial charge is 0.457 e. The fraction of sp³-hybridized carbons (Fsp3) is 0.0909. The maximum atomic E-state index is 11.7. The van der Waals surface area contributed by atoms with Crippen LogP contribution in [0.25, 0.3) is 0 Å². The first-order valence-electron chi connectivity index (χ1n) is 4.78. The van der Waals surface area contributed by atoms with Crippen LogP contribution in [0.1, 0.15) is 15.9 Å². The molecule has 2 aromatic rings. The molecule has 2 rings (SSSR count). The van der Waals surface area contributed by atoms with Crippen LogP contribution in [0.3, 0.4) is 0 Å². The summed E-state index contributed by atoms with van der Waals surface area (Å²) >= 11 is 18.4. The van der Waals surface area contributed by atoms with E-state index in [1.807, 2.05) is 0 Å². The van der Waals surface area contributed by atoms with Gasteiger partial charge in [-0.2, -0.15) is 0 Å². The number of nitrogens with zero attached hydrogens (tertiary/aromatic N) is 1. The van der Waals surface area contributed by atoms with E-state index in [1.54, 1.807) is 12.1 Å². The average Bonchev–Trinajstić information content (AvgIpc) is 2.67. The van der Waals surface area contributed by atoms with Crippen molar-refractivity contribution in [3.05, 3.63) is 49.3 Å². The summed E-state index contributed by atoms with van der Waals surface area (Å²) in [6, 6.07) is 4.83. The Hall–Kier alpha value is -0.810. The Morgan fingerprint density at radius 2 is 2.11 bits per heavy atom. The van der Waals surface area contributed by atoms with E-state index in [0.29, 0.717) is 13.8 Å². The molecule has 0 unspecified atom stereocenters. The summed E-state index contributed by atoms with van der Waals surface area (Å²) in [5.41, 5.74) is 1.01. The molecule has 0 saturated carbocycles. The maximum absolute atomic E-state index is 11.7. The van der Waals surface area contributed by atoms with Gasteiger partial charge in [0.1, 0.15) is 16.1 Å². The van der Waals surface area contributed by atoms with Crippen LogP contribution in [0, 0.1) is 0 Å². The smallest absolute Gasteiger partial charge is 0.340 e. The molecular formula is C11H6Cl3NO2S. The lowest BCUT2D eigenvalue weighted by molar-refractivity contribution is 0.0473. The molecule has 0 amide bonds. The number of hydrogen-bond acceptors (Lipinski definition) is 4. The molecule has 0 aliphatic carbocycles. The zero-order valence-electron chi connectivity index (χ0n) is 8.82. The lowest BCUT2D eigenvalue weighted by atomic mass is 10.3. The summed E-state index contributed by atoms with van der Waals surface area (Å²) < 4.78 is 5.85. The Morgan fingerprint density at radius 3 is 2.67 bits per heavy atom. The lowest BCUT2D eigenvalue weighted by Gasteiger charge is -2.03. The number of pyridine rings is 1. The number of esters is 1. The summed E-state index contributed by atoms with van der Waals surface area (Å²) in [7, 11) is 0. The molecule has 0 aliphatic heterocycles. The van der Waals surface area contributed by atoms with Crippen LogP contribution in [0.4, 0.5) is 0 Å². The highest BCUT2D eigenvalue weighted by Crippen LogP contribution is 2.31. The Balaban J connectivity index is 2.00. The van der Waals surface area contributed by atoms with Gasteiger partial charge in [0.15, 0.2) is 0 Å². The van der Waals surface area contributed by atoms with Crippen molar-refractivity contribution in [2.45, 2.75) is 6.61 Å². The van der Waals surface area contributed by atoms with E-state index in [-0.39, 0.29) is 12.2 Å². The number of carbonyl (C=O) groups excluding carboxylic acids is 1. The summed E-state index contributed by atoms with van der Waals surface area (Å²) in [4.78, 5) is 15.6. The highest BCUT2D eigenvalue weighted by Gasteiger charge is 2.15. The fourth-order valence-electron chi connectivity index (χ4n) is 1.20. The van der Waals surface area contributed by atoms with E-state index in [0.717, 1.165) is 16.9 Å². The van der Waals surface area contributed by atoms with Gasteiger partial charge in [-0.1, -0.05) is 40.9 Å². The van der Waals surface area contributed by atoms with Crippen LogP contribution in [0.5, 0.6) is 0 Å². The standard InChI is InChI=1S/C11H6Cl3NO2S/c12-8-2-1-6(4-15-8)5-17-11(16)7-3-9(13)18-10(7)14/h1-4H,5H2. The summed E-state index contributed by atoms with van der Waals surface area (Å²) in [5.74, 6) is -0.516. The van der Waals surface area contributed by atoms with E-state index in [9.17, 15) is 4.79 Å². The molecule has 0 saturated heterocycles. The SMILES string of the molecule is O=C(OCc1ccc(Cl)nc1)c1cc(Cl)sc1Cl. The Kier molecular flexibility index (Phi) is 4.45. The molecule has 0 aliphatic rings. The van der Waals surface area contributed by atoms with Gasteiger partial charge in [-0.15, -0.1) is 11.3 Å². The number of aromatic nitrogens is 1. The first kappa shape index (κ1) is 13.6. The minimum Gasteiger partial charge on any atom is -0.457 e. The van der Waals surface area contributed by atoms with E-state index >= 15 is 0 Å². The van der Waals surface area contributed by atoms with Crippen LogP contribution in [-0.2, 0) is 11.3 Å². The molecule has 0 atom stereocenters. The molecule has 0 N–H and O–H groups in total. The van der Waals surface area contributed by atoms with Crippen molar-refractivity contribution < 1.29 is 9.53 Å². The van der Waals surface area contributed by atoms with E-state index in [1.165, 1.54) is 12.3 Å². The number of thiophene rings is 1. The van der Waals surface area contributed by atoms with Crippen molar-refractivity contribution in [1.82, 2.24) is 4.98 Å². The van der Waals surface area contributed by atoms with Crippen LogP contribution in [0.15, 0.2) is 24.4 Å². The highest BCUT2D eigenvalue weighted by molar-refractivity contribution is 7.20. The van der Waals surface area contributed by atoms with Crippen LogP contribution < -0.4 is 0 Å². The second kappa shape index (κ2) is 5.89. The third-order valence-corrected chi connectivity index (χ3v) is 3.75. The van der Waals surface area contributed by atoms with Gasteiger partial charge < -0.3 is 4.74 Å². The first-order valence-corrected chi connectivity index (χ1v) is 6.73. The zero-order valence-corrected chi connectivity index (χ0v) is 11.9. The third kappa shape index (κ3) is 3.36. The molecular weight excluding hydrogens is 317 g/mol. The van der Waals surface area contributed by atoms with Crippen LogP contribution >= 0.6 is 46.1 Å². The Morgan fingerprint density at radius 1 is 1.33 bits per heavy atom. The summed E-state index contributed by atoms with van der Waals surface area (Å²) in [6.07, 6.45) is 1.54. The summed E-state index contributed by atoms with van der Waals surface area (Å²) in [6.45, 7) is 0.104. The van der Waals surface area contributed by atoms with Crippen molar-refractivity contribution in [2.24, 2.45) is 0 Å². The van der Waals surface area contributed by atoms with Crippen molar-refractivity contribution in [3.8, 4) is 0 Å². The molecule has 18 heavy (non-hydrogen) atoms. The monoisotopic (exact) mass is 321 g/mol. The predicted octanol–water partition coefficient (Wildman–Crippen LogP) is 4.46. The maximum Gasteiger partial charge on any atom is 0.340 e. The van der Waals surface area contributed by atoms with Crippen molar-refractivity contribution in [1.29, 1.82) is 0 Å². The minimum atomic E-state index is -0.516. The van der Waals surface area contributed by atoms with Crippen molar-refractivity contribution in [3.63, 3.8) is 0 Å². The second-order valence-corrected chi connectivity index (χ2v) is 5.98. The van der Waals surface area contributed by atoms with Crippen LogP contribution in [-0.4, -0.2) is 11.0 Å². The minimum absolute atomic E-state index is 0.104. The number of hydrogen-bond donors (Lipinski definition) is 0. The molecule has 0 bridgehead atoms. The van der Waals surface area contributed by atoms with Gasteiger partial charge in [0.2, 0.25) is 0 Å². The highest BCUT2D eigenvalue weighted by atomic mass is 35.5. The lowest BCUT2D eigenvalue weighted by Crippen LogP contribution is -2.04. The Labute approximate surface area is 122 Å². The number of halogens is 3. The zero-order chi connectivity index (χ0) is 13.1. The average molecular weight is 323 g/mol. The van der Waals surface area contributed by atoms with Gasteiger partial charge in [0.25, 0.3) is 0 Å². The van der Waals surface area contributed by atoms with Gasteiger partial charge in [-0.05, 0) is 12.1 Å². The number of carbonyl (C=O) groups is 1. The topological polar surface area (TPSA) is 39.2 Å². The molecule has 3 nitrogen and oxygen atoms in total. The van der Waals surface area contributed by atoms with Gasteiger partial charge in [0.05, 0.1) is 9.90 Å². The van der Waals surface area contributed by atoms with E-state index in [2.05, 4.69) is 4.98 Å².